The molecule has 1 saturated carbocycles. The van der Waals surface area contributed by atoms with Gasteiger partial charge < -0.3 is 4.74 Å². The molecule has 1 fully saturated rings. The van der Waals surface area contributed by atoms with Crippen molar-refractivity contribution in [2.45, 2.75) is 44.7 Å². The highest BCUT2D eigenvalue weighted by atomic mass is 19.4. The average Bonchev–Trinajstić information content (AvgIpc) is 2.60. The Morgan fingerprint density at radius 3 is 2.36 bits per heavy atom. The Labute approximate surface area is 147 Å². The van der Waals surface area contributed by atoms with Gasteiger partial charge in [-0.25, -0.2) is 0 Å². The Bertz CT molecular complexity index is 568. The molecule has 0 N–H and O–H groups in total. The number of ketones is 1. The smallest absolute Gasteiger partial charge is 0.381 e. The predicted molar refractivity (Wildman–Crippen MR) is 91.6 cm³/mol. The molecule has 0 unspecified atom stereocenters. The highest BCUT2D eigenvalue weighted by Gasteiger charge is 2.39. The lowest BCUT2D eigenvalue weighted by Crippen LogP contribution is -2.22. The van der Waals surface area contributed by atoms with E-state index in [9.17, 15) is 18.0 Å². The highest BCUT2D eigenvalue weighted by molar-refractivity contribution is 6.00. The first-order valence-electron chi connectivity index (χ1n) is 8.76. The van der Waals surface area contributed by atoms with Crippen LogP contribution in [0.3, 0.4) is 0 Å². The van der Waals surface area contributed by atoms with Crippen LogP contribution >= 0.6 is 0 Å². The van der Waals surface area contributed by atoms with Crippen LogP contribution in [-0.4, -0.2) is 25.7 Å². The monoisotopic (exact) mass is 354 g/mol. The number of alkyl halides is 3. The van der Waals surface area contributed by atoms with Crippen molar-refractivity contribution in [2.75, 3.05) is 13.7 Å². The van der Waals surface area contributed by atoms with Gasteiger partial charge in [0.1, 0.15) is 0 Å². The molecule has 0 spiro atoms. The molecule has 1 aromatic rings. The third kappa shape index (κ3) is 6.31. The Morgan fingerprint density at radius 2 is 1.80 bits per heavy atom. The zero-order chi connectivity index (χ0) is 18.3. The fraction of sp³-hybridized carbons (Fsp3) is 0.550. The van der Waals surface area contributed by atoms with E-state index in [0.717, 1.165) is 18.4 Å². The van der Waals surface area contributed by atoms with Gasteiger partial charge in [-0.05, 0) is 55.9 Å². The maximum Gasteiger partial charge on any atom is 0.454 e. The molecule has 0 aromatic heterocycles. The van der Waals surface area contributed by atoms with E-state index >= 15 is 0 Å². The summed E-state index contributed by atoms with van der Waals surface area (Å²) in [6.45, 7) is 0.659. The van der Waals surface area contributed by atoms with Crippen LogP contribution in [0.25, 0.3) is 0 Å². The molecule has 0 radical (unpaired) electrons. The van der Waals surface area contributed by atoms with Crippen LogP contribution in [0.2, 0.25) is 0 Å². The molecule has 25 heavy (non-hydrogen) atoms. The maximum atomic E-state index is 12.4. The number of hydrogen-bond acceptors (Lipinski definition) is 2. The van der Waals surface area contributed by atoms with E-state index in [1.165, 1.54) is 37.8 Å². The fourth-order valence-electron chi connectivity index (χ4n) is 3.37. The van der Waals surface area contributed by atoms with Crippen LogP contribution in [-0.2, 0) is 11.2 Å². The second kappa shape index (κ2) is 9.18. The number of allylic oxidation sites excluding steroid dienone is 1. The summed E-state index contributed by atoms with van der Waals surface area (Å²) in [5.74, 6) is -0.471. The Kier molecular flexibility index (Phi) is 7.24. The van der Waals surface area contributed by atoms with Crippen molar-refractivity contribution in [2.24, 2.45) is 11.8 Å². The lowest BCUT2D eigenvalue weighted by molar-refractivity contribution is -0.0885. The summed E-state index contributed by atoms with van der Waals surface area (Å²) in [7, 11) is 1.69. The van der Waals surface area contributed by atoms with Gasteiger partial charge in [0.15, 0.2) is 0 Å². The molecule has 0 aliphatic heterocycles. The lowest BCUT2D eigenvalue weighted by Gasteiger charge is -2.26. The van der Waals surface area contributed by atoms with Gasteiger partial charge in [-0.15, -0.1) is 0 Å². The van der Waals surface area contributed by atoms with Crippen molar-refractivity contribution < 1.29 is 22.7 Å². The summed E-state index contributed by atoms with van der Waals surface area (Å²) in [6, 6.07) is 5.83. The number of hydrogen-bond donors (Lipinski definition) is 0. The summed E-state index contributed by atoms with van der Waals surface area (Å²) in [5.41, 5.74) is 0.695. The molecule has 1 aliphatic carbocycles. The van der Waals surface area contributed by atoms with Crippen LogP contribution in [0.4, 0.5) is 13.2 Å². The third-order valence-electron chi connectivity index (χ3n) is 4.88. The van der Waals surface area contributed by atoms with Crippen LogP contribution in [0.1, 0.15) is 48.0 Å². The van der Waals surface area contributed by atoms with E-state index in [1.54, 1.807) is 19.2 Å². The molecule has 0 atom stereocenters. The van der Waals surface area contributed by atoms with Gasteiger partial charge >= 0.3 is 6.18 Å². The lowest BCUT2D eigenvalue weighted by atomic mass is 9.79. The van der Waals surface area contributed by atoms with E-state index < -0.39 is 12.0 Å². The van der Waals surface area contributed by atoms with Crippen LogP contribution in [0, 0.1) is 11.8 Å². The average molecular weight is 354 g/mol. The van der Waals surface area contributed by atoms with Gasteiger partial charge in [-0.2, -0.15) is 13.2 Å². The van der Waals surface area contributed by atoms with Crippen molar-refractivity contribution in [3.63, 3.8) is 0 Å². The van der Waals surface area contributed by atoms with Crippen LogP contribution in [0.15, 0.2) is 36.4 Å². The van der Waals surface area contributed by atoms with Crippen LogP contribution in [0.5, 0.6) is 0 Å². The third-order valence-corrected chi connectivity index (χ3v) is 4.88. The quantitative estimate of drug-likeness (QED) is 0.486. The van der Waals surface area contributed by atoms with E-state index in [0.29, 0.717) is 18.4 Å². The summed E-state index contributed by atoms with van der Waals surface area (Å²) in [6.07, 6.45) is 6.15. The van der Waals surface area contributed by atoms with Crippen molar-refractivity contribution in [3.8, 4) is 0 Å². The first kappa shape index (κ1) is 19.7. The number of Topliss-reactive ketones (excluding diaryl/α,β-unsaturated/α-hetero) is 1. The van der Waals surface area contributed by atoms with E-state index in [1.807, 2.05) is 0 Å². The minimum absolute atomic E-state index is 0.292. The topological polar surface area (TPSA) is 26.3 Å². The number of aryl methyl sites for hydroxylation is 1. The van der Waals surface area contributed by atoms with Gasteiger partial charge in [0.2, 0.25) is 0 Å². The van der Waals surface area contributed by atoms with Gasteiger partial charge in [0.05, 0.1) is 6.61 Å². The predicted octanol–water partition coefficient (Wildman–Crippen LogP) is 5.37. The normalized spacial score (nSPS) is 21.6. The number of methoxy groups -OCH3 is 1. The second-order valence-corrected chi connectivity index (χ2v) is 6.73. The van der Waals surface area contributed by atoms with Gasteiger partial charge in [0, 0.05) is 12.7 Å². The molecule has 5 heteroatoms. The molecular weight excluding hydrogens is 329 g/mol. The SMILES string of the molecule is COC/C=C/C1CCC(CCc2ccc(C(=O)C(F)(F)F)cc2)CC1. The zero-order valence-electron chi connectivity index (χ0n) is 14.5. The van der Waals surface area contributed by atoms with Gasteiger partial charge in [0.25, 0.3) is 5.78 Å². The standard InChI is InChI=1S/C20H25F3O2/c1-25-14-2-3-15-4-6-16(7-5-15)8-9-17-10-12-18(13-11-17)19(24)20(21,22)23/h2-3,10-13,15-16H,4-9,14H2,1H3/b3-2+. The Morgan fingerprint density at radius 1 is 1.16 bits per heavy atom. The van der Waals surface area contributed by atoms with Crippen molar-refractivity contribution >= 4 is 5.78 Å². The largest absolute Gasteiger partial charge is 0.454 e. The van der Waals surface area contributed by atoms with Gasteiger partial charge in [-0.1, -0.05) is 36.4 Å². The van der Waals surface area contributed by atoms with Crippen molar-refractivity contribution in [1.29, 1.82) is 0 Å². The van der Waals surface area contributed by atoms with Crippen LogP contribution < -0.4 is 0 Å². The van der Waals surface area contributed by atoms with Crippen molar-refractivity contribution in [1.82, 2.24) is 0 Å². The number of carbonyl (C=O) groups is 1. The number of carbonyl (C=O) groups excluding carboxylic acids is 1. The minimum Gasteiger partial charge on any atom is -0.381 e. The molecule has 0 heterocycles. The van der Waals surface area contributed by atoms with Gasteiger partial charge in [-0.3, -0.25) is 4.79 Å². The van der Waals surface area contributed by atoms with E-state index in [2.05, 4.69) is 12.2 Å². The summed E-state index contributed by atoms with van der Waals surface area (Å²) < 4.78 is 42.2. The molecule has 1 aromatic carbocycles. The molecule has 0 amide bonds. The molecule has 0 saturated heterocycles. The zero-order valence-corrected chi connectivity index (χ0v) is 14.5. The van der Waals surface area contributed by atoms with Crippen molar-refractivity contribution in [3.05, 3.63) is 47.5 Å². The Hall–Kier alpha value is -1.62. The number of ether oxygens (including phenoxy) is 1. The number of benzene rings is 1. The molecule has 1 aliphatic rings. The molecule has 2 nitrogen and oxygen atoms in total. The minimum atomic E-state index is -4.81. The molecule has 138 valence electrons. The first-order valence-corrected chi connectivity index (χ1v) is 8.76. The summed E-state index contributed by atoms with van der Waals surface area (Å²) >= 11 is 0. The highest BCUT2D eigenvalue weighted by Crippen LogP contribution is 2.32. The maximum absolute atomic E-state index is 12.4. The van der Waals surface area contributed by atoms with E-state index in [4.69, 9.17) is 4.74 Å². The van der Waals surface area contributed by atoms with E-state index in [-0.39, 0.29) is 5.56 Å². The molecular formula is C20H25F3O2. The summed E-state index contributed by atoms with van der Waals surface area (Å²) in [5, 5.41) is 0. The first-order chi connectivity index (χ1) is 11.9. The Balaban J connectivity index is 1.76. The second-order valence-electron chi connectivity index (χ2n) is 6.73. The number of halogens is 3. The fourth-order valence-corrected chi connectivity index (χ4v) is 3.37. The molecule has 0 bridgehead atoms. The number of rotatable bonds is 7. The summed E-state index contributed by atoms with van der Waals surface area (Å²) in [4.78, 5) is 11.2. The molecule has 2 rings (SSSR count).